The molecule has 3 rings (SSSR count). The average molecular weight is 247 g/mol. The van der Waals surface area contributed by atoms with Crippen LogP contribution >= 0.6 is 0 Å². The lowest BCUT2D eigenvalue weighted by Crippen LogP contribution is -1.99. The molecule has 6 heteroatoms. The second-order valence-electron chi connectivity index (χ2n) is 3.86. The summed E-state index contributed by atoms with van der Waals surface area (Å²) in [6.45, 7) is 0. The lowest BCUT2D eigenvalue weighted by molar-refractivity contribution is 0.584. The highest BCUT2D eigenvalue weighted by Crippen LogP contribution is 2.22. The molecule has 0 saturated heterocycles. The Morgan fingerprint density at radius 3 is 2.39 bits per heavy atom. The molecule has 1 aromatic carbocycles. The van der Waals surface area contributed by atoms with Crippen molar-refractivity contribution in [2.24, 2.45) is 0 Å². The van der Waals surface area contributed by atoms with Crippen molar-refractivity contribution in [1.82, 2.24) is 15.0 Å². The van der Waals surface area contributed by atoms with Gasteiger partial charge in [-0.05, 0) is 23.8 Å². The number of hydrogen-bond acceptors (Lipinski definition) is 2. The van der Waals surface area contributed by atoms with Crippen LogP contribution in [0.4, 0.5) is 8.78 Å². The smallest absolute Gasteiger partial charge is 0.304 e. The van der Waals surface area contributed by atoms with Crippen molar-refractivity contribution in [3.8, 4) is 11.1 Å². The summed E-state index contributed by atoms with van der Waals surface area (Å²) in [4.78, 5) is 20.1. The molecule has 2 N–H and O–H groups in total. The molecule has 18 heavy (non-hydrogen) atoms. The summed E-state index contributed by atoms with van der Waals surface area (Å²) >= 11 is 0. The number of imidazole rings is 1. The highest BCUT2D eigenvalue weighted by atomic mass is 19.1. The highest BCUT2D eigenvalue weighted by Gasteiger charge is 2.06. The van der Waals surface area contributed by atoms with E-state index in [4.69, 9.17) is 0 Å². The first-order chi connectivity index (χ1) is 8.61. The monoisotopic (exact) mass is 247 g/mol. The standard InChI is InChI=1S/C12H7F2N3O/c13-8-1-6(2-9(14)4-8)7-3-10-11(15-5-7)17-12(18)16-10/h1-5H,(H2,15,16,17,18). The van der Waals surface area contributed by atoms with Gasteiger partial charge in [0.2, 0.25) is 0 Å². The molecule has 0 bridgehead atoms. The molecular weight excluding hydrogens is 240 g/mol. The van der Waals surface area contributed by atoms with Gasteiger partial charge >= 0.3 is 5.69 Å². The Bertz CT molecular complexity index is 771. The Kier molecular flexibility index (Phi) is 2.22. The minimum absolute atomic E-state index is 0.365. The predicted molar refractivity (Wildman–Crippen MR) is 62.1 cm³/mol. The molecule has 3 aromatic rings. The second kappa shape index (κ2) is 3.76. The van der Waals surface area contributed by atoms with Crippen molar-refractivity contribution in [3.05, 3.63) is 52.6 Å². The lowest BCUT2D eigenvalue weighted by atomic mass is 10.1. The number of nitrogens with one attached hydrogen (secondary N) is 2. The summed E-state index contributed by atoms with van der Waals surface area (Å²) in [7, 11) is 0. The fourth-order valence-corrected chi connectivity index (χ4v) is 1.80. The molecule has 4 nitrogen and oxygen atoms in total. The minimum Gasteiger partial charge on any atom is -0.304 e. The number of benzene rings is 1. The predicted octanol–water partition coefficient (Wildman–Crippen LogP) is 2.20. The Morgan fingerprint density at radius 2 is 1.67 bits per heavy atom. The van der Waals surface area contributed by atoms with Gasteiger partial charge < -0.3 is 4.98 Å². The number of aromatic nitrogens is 3. The molecule has 2 heterocycles. The molecule has 0 amide bonds. The zero-order chi connectivity index (χ0) is 12.7. The molecule has 0 fully saturated rings. The first-order valence-corrected chi connectivity index (χ1v) is 5.16. The third kappa shape index (κ3) is 1.77. The number of nitrogens with zero attached hydrogens (tertiary/aromatic N) is 1. The normalized spacial score (nSPS) is 11.0. The zero-order valence-electron chi connectivity index (χ0n) is 9.00. The number of rotatable bonds is 1. The summed E-state index contributed by atoms with van der Waals surface area (Å²) in [5.74, 6) is -1.32. The van der Waals surface area contributed by atoms with Crippen molar-refractivity contribution in [2.75, 3.05) is 0 Å². The largest absolute Gasteiger partial charge is 0.325 e. The van der Waals surface area contributed by atoms with Crippen LogP contribution in [0.2, 0.25) is 0 Å². The number of halogens is 2. The van der Waals surface area contributed by atoms with Gasteiger partial charge in [0.25, 0.3) is 0 Å². The number of H-pyrrole nitrogens is 2. The first kappa shape index (κ1) is 10.6. The Morgan fingerprint density at radius 1 is 0.944 bits per heavy atom. The fourth-order valence-electron chi connectivity index (χ4n) is 1.80. The van der Waals surface area contributed by atoms with Crippen LogP contribution in [0.15, 0.2) is 35.3 Å². The van der Waals surface area contributed by atoms with Crippen molar-refractivity contribution < 1.29 is 8.78 Å². The summed E-state index contributed by atoms with van der Waals surface area (Å²) in [5.41, 5.74) is 1.41. The van der Waals surface area contributed by atoms with Crippen molar-refractivity contribution >= 4 is 11.2 Å². The van der Waals surface area contributed by atoms with Crippen molar-refractivity contribution in [2.45, 2.75) is 0 Å². The van der Waals surface area contributed by atoms with Crippen LogP contribution in [-0.2, 0) is 0 Å². The van der Waals surface area contributed by atoms with Gasteiger partial charge in [-0.15, -0.1) is 0 Å². The quantitative estimate of drug-likeness (QED) is 0.692. The number of aromatic amines is 2. The molecule has 0 radical (unpaired) electrons. The summed E-state index contributed by atoms with van der Waals surface area (Å²) in [6, 6.07) is 4.81. The first-order valence-electron chi connectivity index (χ1n) is 5.16. The molecule has 0 aliphatic rings. The zero-order valence-corrected chi connectivity index (χ0v) is 9.00. The summed E-state index contributed by atoms with van der Waals surface area (Å²) in [6.07, 6.45) is 1.44. The molecule has 90 valence electrons. The fraction of sp³-hybridized carbons (Fsp3) is 0. The molecular formula is C12H7F2N3O. The van der Waals surface area contributed by atoms with E-state index in [0.717, 1.165) is 6.07 Å². The van der Waals surface area contributed by atoms with Crippen molar-refractivity contribution in [3.63, 3.8) is 0 Å². The van der Waals surface area contributed by atoms with Gasteiger partial charge in [0.15, 0.2) is 5.65 Å². The maximum absolute atomic E-state index is 13.1. The molecule has 0 saturated carbocycles. The molecule has 0 aliphatic heterocycles. The Hall–Kier alpha value is -2.50. The van der Waals surface area contributed by atoms with Gasteiger partial charge in [-0.2, -0.15) is 0 Å². The van der Waals surface area contributed by atoms with Gasteiger partial charge in [-0.1, -0.05) is 0 Å². The number of pyridine rings is 1. The van der Waals surface area contributed by atoms with Crippen LogP contribution < -0.4 is 5.69 Å². The average Bonchev–Trinajstić information content (AvgIpc) is 2.66. The van der Waals surface area contributed by atoms with E-state index in [0.29, 0.717) is 22.3 Å². The van der Waals surface area contributed by atoms with E-state index >= 15 is 0 Å². The lowest BCUT2D eigenvalue weighted by Gasteiger charge is -2.02. The minimum atomic E-state index is -0.660. The maximum atomic E-state index is 13.1. The number of hydrogen-bond donors (Lipinski definition) is 2. The van der Waals surface area contributed by atoms with Crippen molar-refractivity contribution in [1.29, 1.82) is 0 Å². The van der Waals surface area contributed by atoms with Crippen LogP contribution in [0.25, 0.3) is 22.3 Å². The van der Waals surface area contributed by atoms with E-state index in [1.165, 1.54) is 18.3 Å². The third-order valence-electron chi connectivity index (χ3n) is 2.56. The Labute approximate surface area is 99.3 Å². The summed E-state index contributed by atoms with van der Waals surface area (Å²) < 4.78 is 26.2. The molecule has 0 unspecified atom stereocenters. The van der Waals surface area contributed by atoms with Crippen LogP contribution in [0.1, 0.15) is 0 Å². The van der Waals surface area contributed by atoms with Gasteiger partial charge in [-0.25, -0.2) is 18.6 Å². The van der Waals surface area contributed by atoms with E-state index in [-0.39, 0.29) is 5.69 Å². The van der Waals surface area contributed by atoms with Crippen LogP contribution in [0.3, 0.4) is 0 Å². The Balaban J connectivity index is 2.21. The highest BCUT2D eigenvalue weighted by molar-refractivity contribution is 5.77. The topological polar surface area (TPSA) is 61.5 Å². The van der Waals surface area contributed by atoms with E-state index in [1.807, 2.05) is 0 Å². The van der Waals surface area contributed by atoms with Crippen LogP contribution in [-0.4, -0.2) is 15.0 Å². The molecule has 0 spiro atoms. The third-order valence-corrected chi connectivity index (χ3v) is 2.56. The van der Waals surface area contributed by atoms with Gasteiger partial charge in [-0.3, -0.25) is 4.98 Å². The van der Waals surface area contributed by atoms with Crippen LogP contribution in [0, 0.1) is 11.6 Å². The van der Waals surface area contributed by atoms with Gasteiger partial charge in [0.05, 0.1) is 5.52 Å². The second-order valence-corrected chi connectivity index (χ2v) is 3.86. The number of fused-ring (bicyclic) bond motifs is 1. The summed E-state index contributed by atoms with van der Waals surface area (Å²) in [5, 5.41) is 0. The molecule has 2 aromatic heterocycles. The van der Waals surface area contributed by atoms with E-state index in [1.54, 1.807) is 6.07 Å². The van der Waals surface area contributed by atoms with Crippen LogP contribution in [0.5, 0.6) is 0 Å². The van der Waals surface area contributed by atoms with Gasteiger partial charge in [0, 0.05) is 17.8 Å². The maximum Gasteiger partial charge on any atom is 0.325 e. The molecule has 0 aliphatic carbocycles. The van der Waals surface area contributed by atoms with Gasteiger partial charge in [0.1, 0.15) is 11.6 Å². The SMILES string of the molecule is O=c1[nH]c2cc(-c3cc(F)cc(F)c3)cnc2[nH]1. The van der Waals surface area contributed by atoms with E-state index < -0.39 is 11.6 Å². The molecule has 0 atom stereocenters. The van der Waals surface area contributed by atoms with E-state index in [9.17, 15) is 13.6 Å². The van der Waals surface area contributed by atoms with E-state index in [2.05, 4.69) is 15.0 Å².